The maximum atomic E-state index is 13.5. The molecule has 0 atom stereocenters. The van der Waals surface area contributed by atoms with Gasteiger partial charge in [0.2, 0.25) is 5.91 Å². The van der Waals surface area contributed by atoms with Crippen LogP contribution in [-0.2, 0) is 20.9 Å². The lowest BCUT2D eigenvalue weighted by atomic mass is 10.0. The molecule has 6 heteroatoms. The summed E-state index contributed by atoms with van der Waals surface area (Å²) >= 11 is 5.91. The lowest BCUT2D eigenvalue weighted by Crippen LogP contribution is -2.33. The van der Waals surface area contributed by atoms with Crippen molar-refractivity contribution in [3.05, 3.63) is 94.8 Å². The Bertz CT molecular complexity index is 1170. The highest BCUT2D eigenvalue weighted by Crippen LogP contribution is 2.27. The first-order valence-electron chi connectivity index (χ1n) is 10.5. The maximum Gasteiger partial charge on any atom is 0.330 e. The van der Waals surface area contributed by atoms with Crippen LogP contribution in [0.3, 0.4) is 0 Å². The van der Waals surface area contributed by atoms with Crippen LogP contribution in [0.2, 0.25) is 5.02 Å². The molecule has 0 radical (unpaired) electrons. The van der Waals surface area contributed by atoms with Crippen molar-refractivity contribution in [1.29, 1.82) is 0 Å². The molecule has 0 heterocycles. The lowest BCUT2D eigenvalue weighted by Gasteiger charge is -2.25. The van der Waals surface area contributed by atoms with Gasteiger partial charge in [-0.1, -0.05) is 67.9 Å². The molecule has 1 amide bonds. The van der Waals surface area contributed by atoms with Crippen LogP contribution in [0.25, 0.3) is 17.2 Å². The third-order valence-corrected chi connectivity index (χ3v) is 5.39. The van der Waals surface area contributed by atoms with Crippen molar-refractivity contribution < 1.29 is 18.7 Å². The second kappa shape index (κ2) is 10.9. The molecule has 0 unspecified atom stereocenters. The van der Waals surface area contributed by atoms with Gasteiger partial charge in [0.05, 0.1) is 18.7 Å². The van der Waals surface area contributed by atoms with Gasteiger partial charge in [-0.05, 0) is 52.6 Å². The molecule has 170 valence electrons. The van der Waals surface area contributed by atoms with E-state index in [1.165, 1.54) is 19.3 Å². The molecular formula is C27H25ClFNO3. The molecule has 3 rings (SSSR count). The van der Waals surface area contributed by atoms with Crippen LogP contribution in [-0.4, -0.2) is 19.0 Å². The summed E-state index contributed by atoms with van der Waals surface area (Å²) in [7, 11) is 1.32. The number of methoxy groups -OCH3 is 1. The molecule has 0 fully saturated rings. The van der Waals surface area contributed by atoms with Crippen LogP contribution in [0, 0.1) is 11.7 Å². The van der Waals surface area contributed by atoms with E-state index in [0.29, 0.717) is 6.54 Å². The Kier molecular flexibility index (Phi) is 8.01. The third-order valence-electron chi connectivity index (χ3n) is 5.10. The second-order valence-electron chi connectivity index (χ2n) is 7.86. The highest BCUT2D eigenvalue weighted by molar-refractivity contribution is 6.31. The molecule has 0 bridgehead atoms. The zero-order valence-corrected chi connectivity index (χ0v) is 19.5. The number of anilines is 1. The zero-order chi connectivity index (χ0) is 24.0. The lowest BCUT2D eigenvalue weighted by molar-refractivity contribution is -0.134. The number of ether oxygens (including phenoxy) is 1. The van der Waals surface area contributed by atoms with Crippen LogP contribution in [0.5, 0.6) is 0 Å². The molecule has 4 nitrogen and oxygen atoms in total. The minimum Gasteiger partial charge on any atom is -0.466 e. The summed E-state index contributed by atoms with van der Waals surface area (Å²) in [4.78, 5) is 26.1. The molecule has 3 aromatic rings. The molecular weight excluding hydrogens is 441 g/mol. The van der Waals surface area contributed by atoms with E-state index in [4.69, 9.17) is 11.6 Å². The van der Waals surface area contributed by atoms with Crippen molar-refractivity contribution in [3.63, 3.8) is 0 Å². The number of hydrogen-bond donors (Lipinski definition) is 0. The fourth-order valence-corrected chi connectivity index (χ4v) is 3.48. The number of hydrogen-bond acceptors (Lipinski definition) is 3. The van der Waals surface area contributed by atoms with E-state index in [-0.39, 0.29) is 16.8 Å². The van der Waals surface area contributed by atoms with E-state index >= 15 is 0 Å². The minimum atomic E-state index is -0.455. The van der Waals surface area contributed by atoms with E-state index in [9.17, 15) is 14.0 Å². The fraction of sp³-hybridized carbons (Fsp3) is 0.185. The SMILES string of the molecule is COC(=O)/C=C/c1cccc(N(Cc2ccc(-c3ccc(F)c(Cl)c3)cc2)C(=O)C(C)C)c1. The molecule has 33 heavy (non-hydrogen) atoms. The van der Waals surface area contributed by atoms with Gasteiger partial charge in [0.15, 0.2) is 0 Å². The molecule has 0 aromatic heterocycles. The van der Waals surface area contributed by atoms with Crippen molar-refractivity contribution >= 4 is 35.2 Å². The van der Waals surface area contributed by atoms with Gasteiger partial charge in [-0.25, -0.2) is 9.18 Å². The molecule has 0 aliphatic heterocycles. The first-order valence-corrected chi connectivity index (χ1v) is 10.9. The number of carbonyl (C=O) groups is 2. The predicted octanol–water partition coefficient (Wildman–Crippen LogP) is 6.52. The Morgan fingerprint density at radius 3 is 2.36 bits per heavy atom. The topological polar surface area (TPSA) is 46.6 Å². The van der Waals surface area contributed by atoms with Gasteiger partial charge >= 0.3 is 5.97 Å². The van der Waals surface area contributed by atoms with Crippen molar-refractivity contribution in [2.24, 2.45) is 5.92 Å². The van der Waals surface area contributed by atoms with Crippen LogP contribution < -0.4 is 4.90 Å². The van der Waals surface area contributed by atoms with Gasteiger partial charge in [-0.15, -0.1) is 0 Å². The summed E-state index contributed by atoms with van der Waals surface area (Å²) in [6, 6.07) is 19.8. The average molecular weight is 466 g/mol. The normalized spacial score (nSPS) is 11.1. The largest absolute Gasteiger partial charge is 0.466 e. The van der Waals surface area contributed by atoms with Crippen LogP contribution in [0.4, 0.5) is 10.1 Å². The molecule has 0 spiro atoms. The predicted molar refractivity (Wildman–Crippen MR) is 130 cm³/mol. The van der Waals surface area contributed by atoms with Crippen LogP contribution >= 0.6 is 11.6 Å². The van der Waals surface area contributed by atoms with Gasteiger partial charge < -0.3 is 9.64 Å². The Balaban J connectivity index is 1.87. The highest BCUT2D eigenvalue weighted by atomic mass is 35.5. The Labute approximate surface area is 198 Å². The zero-order valence-electron chi connectivity index (χ0n) is 18.7. The summed E-state index contributed by atoms with van der Waals surface area (Å²) in [5.41, 5.74) is 4.17. The Hall–Kier alpha value is -3.44. The van der Waals surface area contributed by atoms with Crippen LogP contribution in [0.15, 0.2) is 72.8 Å². The first kappa shape index (κ1) is 24.2. The number of esters is 1. The van der Waals surface area contributed by atoms with E-state index in [2.05, 4.69) is 4.74 Å². The standard InChI is InChI=1S/C27H25ClFNO3/c1-18(2)27(32)30(23-6-4-5-19(15-23)9-14-26(31)33-3)17-20-7-10-21(11-8-20)22-12-13-25(29)24(28)16-22/h4-16,18H,17H2,1-3H3/b14-9+. The van der Waals surface area contributed by atoms with E-state index in [1.807, 2.05) is 62.4 Å². The third kappa shape index (κ3) is 6.30. The molecule has 0 aliphatic rings. The number of nitrogens with zero attached hydrogens (tertiary/aromatic N) is 1. The minimum absolute atomic E-state index is 0.0153. The number of rotatable bonds is 7. The van der Waals surface area contributed by atoms with Gasteiger partial charge in [0.25, 0.3) is 0 Å². The summed E-state index contributed by atoms with van der Waals surface area (Å²) < 4.78 is 18.1. The fourth-order valence-electron chi connectivity index (χ4n) is 3.30. The Morgan fingerprint density at radius 1 is 1.03 bits per heavy atom. The summed E-state index contributed by atoms with van der Waals surface area (Å²) in [6.07, 6.45) is 2.99. The summed E-state index contributed by atoms with van der Waals surface area (Å²) in [6.45, 7) is 4.10. The molecule has 0 N–H and O–H groups in total. The maximum absolute atomic E-state index is 13.5. The highest BCUT2D eigenvalue weighted by Gasteiger charge is 2.19. The number of halogens is 2. The van der Waals surface area contributed by atoms with Crippen molar-refractivity contribution in [3.8, 4) is 11.1 Å². The smallest absolute Gasteiger partial charge is 0.330 e. The summed E-state index contributed by atoms with van der Waals surface area (Å²) in [5.74, 6) is -1.11. The number of benzene rings is 3. The monoisotopic (exact) mass is 465 g/mol. The van der Waals surface area contributed by atoms with Crippen molar-refractivity contribution in [2.75, 3.05) is 12.0 Å². The molecule has 0 aliphatic carbocycles. The molecule has 0 saturated carbocycles. The first-order chi connectivity index (χ1) is 15.8. The summed E-state index contributed by atoms with van der Waals surface area (Å²) in [5, 5.41) is 0.0754. The molecule has 3 aromatic carbocycles. The van der Waals surface area contributed by atoms with E-state index in [0.717, 1.165) is 27.9 Å². The molecule has 0 saturated heterocycles. The van der Waals surface area contributed by atoms with Gasteiger partial charge in [0, 0.05) is 17.7 Å². The average Bonchev–Trinajstić information content (AvgIpc) is 2.82. The van der Waals surface area contributed by atoms with Gasteiger partial charge in [-0.3, -0.25) is 4.79 Å². The second-order valence-corrected chi connectivity index (χ2v) is 8.26. The van der Waals surface area contributed by atoms with E-state index in [1.54, 1.807) is 23.1 Å². The number of amides is 1. The van der Waals surface area contributed by atoms with Crippen molar-refractivity contribution in [2.45, 2.75) is 20.4 Å². The van der Waals surface area contributed by atoms with Gasteiger partial charge in [0.1, 0.15) is 5.82 Å². The quantitative estimate of drug-likeness (QED) is 0.294. The van der Waals surface area contributed by atoms with Crippen molar-refractivity contribution in [1.82, 2.24) is 0 Å². The number of carbonyl (C=O) groups excluding carboxylic acids is 2. The van der Waals surface area contributed by atoms with E-state index < -0.39 is 11.8 Å². The van der Waals surface area contributed by atoms with Gasteiger partial charge in [-0.2, -0.15) is 0 Å². The van der Waals surface area contributed by atoms with Crippen LogP contribution in [0.1, 0.15) is 25.0 Å². The Morgan fingerprint density at radius 2 is 1.73 bits per heavy atom.